The maximum Gasteiger partial charge on any atom is 0.252 e. The molecule has 0 bridgehead atoms. The number of halogens is 2. The molecule has 0 saturated heterocycles. The molecule has 2 unspecified atom stereocenters. The van der Waals surface area contributed by atoms with E-state index in [2.05, 4.69) is 28.2 Å². The lowest BCUT2D eigenvalue weighted by molar-refractivity contribution is 0.0932. The van der Waals surface area contributed by atoms with Crippen LogP contribution in [0.2, 0.25) is 5.02 Å². The van der Waals surface area contributed by atoms with Crippen molar-refractivity contribution in [2.45, 2.75) is 45.1 Å². The topological polar surface area (TPSA) is 29.1 Å². The van der Waals surface area contributed by atoms with Crippen molar-refractivity contribution in [2.75, 3.05) is 0 Å². The van der Waals surface area contributed by atoms with Crippen LogP contribution in [0.25, 0.3) is 0 Å². The average Bonchev–Trinajstić information content (AvgIpc) is 2.57. The van der Waals surface area contributed by atoms with Gasteiger partial charge in [0.2, 0.25) is 0 Å². The highest BCUT2D eigenvalue weighted by molar-refractivity contribution is 9.10. The van der Waals surface area contributed by atoms with Crippen LogP contribution in [0.3, 0.4) is 0 Å². The van der Waals surface area contributed by atoms with Crippen molar-refractivity contribution in [2.24, 2.45) is 5.92 Å². The molecule has 0 aliphatic heterocycles. The van der Waals surface area contributed by atoms with Crippen LogP contribution in [0.5, 0.6) is 0 Å². The van der Waals surface area contributed by atoms with E-state index in [-0.39, 0.29) is 5.91 Å². The third-order valence-electron chi connectivity index (χ3n) is 3.77. The van der Waals surface area contributed by atoms with E-state index in [4.69, 9.17) is 11.6 Å². The first-order valence-electron chi connectivity index (χ1n) is 6.82. The van der Waals surface area contributed by atoms with Gasteiger partial charge in [-0.25, -0.2) is 0 Å². The van der Waals surface area contributed by atoms with Crippen LogP contribution < -0.4 is 5.32 Å². The molecule has 0 radical (unpaired) electrons. The van der Waals surface area contributed by atoms with Crippen LogP contribution in [0, 0.1) is 5.92 Å². The van der Waals surface area contributed by atoms with Gasteiger partial charge in [-0.1, -0.05) is 31.4 Å². The van der Waals surface area contributed by atoms with Crippen molar-refractivity contribution >= 4 is 33.4 Å². The van der Waals surface area contributed by atoms with Gasteiger partial charge in [-0.15, -0.1) is 0 Å². The molecular weight excluding hydrogens is 326 g/mol. The SMILES string of the molecule is CC1CCCC(NC(=O)c2cc(Cl)ccc2Br)CC1. The highest BCUT2D eigenvalue weighted by atomic mass is 79.9. The van der Waals surface area contributed by atoms with Gasteiger partial charge >= 0.3 is 0 Å². The van der Waals surface area contributed by atoms with Gasteiger partial charge in [0.1, 0.15) is 0 Å². The molecule has 1 aromatic rings. The fourth-order valence-electron chi connectivity index (χ4n) is 2.57. The van der Waals surface area contributed by atoms with Crippen molar-refractivity contribution in [3.05, 3.63) is 33.3 Å². The first kappa shape index (κ1) is 14.9. The van der Waals surface area contributed by atoms with Gasteiger partial charge in [-0.2, -0.15) is 0 Å². The minimum absolute atomic E-state index is 0.0334. The Morgan fingerprint density at radius 1 is 1.32 bits per heavy atom. The fraction of sp³-hybridized carbons (Fsp3) is 0.533. The molecular formula is C15H19BrClNO. The summed E-state index contributed by atoms with van der Waals surface area (Å²) in [5.74, 6) is 0.744. The lowest BCUT2D eigenvalue weighted by atomic mass is 10.0. The van der Waals surface area contributed by atoms with Gasteiger partial charge in [0.15, 0.2) is 0 Å². The number of amides is 1. The normalized spacial score (nSPS) is 23.7. The molecule has 1 saturated carbocycles. The Bertz CT molecular complexity index is 463. The van der Waals surface area contributed by atoms with Crippen molar-refractivity contribution < 1.29 is 4.79 Å². The Kier molecular flexibility index (Phi) is 5.28. The van der Waals surface area contributed by atoms with E-state index in [0.29, 0.717) is 16.6 Å². The smallest absolute Gasteiger partial charge is 0.252 e. The summed E-state index contributed by atoms with van der Waals surface area (Å²) in [4.78, 5) is 12.3. The van der Waals surface area contributed by atoms with Crippen molar-refractivity contribution in [1.82, 2.24) is 5.32 Å². The molecule has 0 spiro atoms. The number of hydrogen-bond donors (Lipinski definition) is 1. The second-order valence-corrected chi connectivity index (χ2v) is 6.70. The molecule has 1 aromatic carbocycles. The minimum Gasteiger partial charge on any atom is -0.349 e. The highest BCUT2D eigenvalue weighted by Crippen LogP contribution is 2.24. The number of benzene rings is 1. The van der Waals surface area contributed by atoms with Crippen LogP contribution in [0.15, 0.2) is 22.7 Å². The largest absolute Gasteiger partial charge is 0.349 e. The highest BCUT2D eigenvalue weighted by Gasteiger charge is 2.19. The van der Waals surface area contributed by atoms with Crippen LogP contribution in [0.4, 0.5) is 0 Å². The van der Waals surface area contributed by atoms with Gasteiger partial charge < -0.3 is 5.32 Å². The fourth-order valence-corrected chi connectivity index (χ4v) is 3.16. The van der Waals surface area contributed by atoms with Gasteiger partial charge in [0.05, 0.1) is 5.56 Å². The van der Waals surface area contributed by atoms with E-state index < -0.39 is 0 Å². The van der Waals surface area contributed by atoms with Gasteiger partial charge in [0, 0.05) is 15.5 Å². The van der Waals surface area contributed by atoms with E-state index >= 15 is 0 Å². The van der Waals surface area contributed by atoms with Crippen molar-refractivity contribution in [3.63, 3.8) is 0 Å². The van der Waals surface area contributed by atoms with Crippen LogP contribution in [0.1, 0.15) is 49.4 Å². The summed E-state index contributed by atoms with van der Waals surface area (Å²) < 4.78 is 0.788. The zero-order chi connectivity index (χ0) is 13.8. The molecule has 1 aliphatic rings. The van der Waals surface area contributed by atoms with Crippen molar-refractivity contribution in [1.29, 1.82) is 0 Å². The summed E-state index contributed by atoms with van der Waals surface area (Å²) >= 11 is 9.35. The lowest BCUT2D eigenvalue weighted by Crippen LogP contribution is -2.34. The number of rotatable bonds is 2. The Morgan fingerprint density at radius 2 is 2.11 bits per heavy atom. The number of hydrogen-bond acceptors (Lipinski definition) is 1. The standard InChI is InChI=1S/C15H19BrClNO/c1-10-3-2-4-12(7-5-10)18-15(19)13-9-11(17)6-8-14(13)16/h6,8-10,12H,2-5,7H2,1H3,(H,18,19). The van der Waals surface area contributed by atoms with Crippen LogP contribution >= 0.6 is 27.5 Å². The third kappa shape index (κ3) is 4.22. The maximum absolute atomic E-state index is 12.3. The third-order valence-corrected chi connectivity index (χ3v) is 4.69. The summed E-state index contributed by atoms with van der Waals surface area (Å²) in [7, 11) is 0. The second-order valence-electron chi connectivity index (χ2n) is 5.41. The van der Waals surface area contributed by atoms with Crippen molar-refractivity contribution in [3.8, 4) is 0 Å². The minimum atomic E-state index is -0.0334. The maximum atomic E-state index is 12.3. The molecule has 1 aliphatic carbocycles. The zero-order valence-corrected chi connectivity index (χ0v) is 13.4. The quantitative estimate of drug-likeness (QED) is 0.767. The van der Waals surface area contributed by atoms with E-state index in [9.17, 15) is 4.79 Å². The predicted octanol–water partition coefficient (Wildman–Crippen LogP) is 4.80. The lowest BCUT2D eigenvalue weighted by Gasteiger charge is -2.17. The molecule has 2 atom stereocenters. The van der Waals surface area contributed by atoms with Gasteiger partial charge in [0.25, 0.3) is 5.91 Å². The molecule has 0 aromatic heterocycles. The molecule has 104 valence electrons. The van der Waals surface area contributed by atoms with E-state index in [1.54, 1.807) is 12.1 Å². The second kappa shape index (κ2) is 6.76. The van der Waals surface area contributed by atoms with Crippen LogP contribution in [-0.4, -0.2) is 11.9 Å². The Morgan fingerprint density at radius 3 is 2.89 bits per heavy atom. The molecule has 2 rings (SSSR count). The molecule has 0 heterocycles. The Hall–Kier alpha value is -0.540. The number of nitrogens with one attached hydrogen (secondary N) is 1. The molecule has 1 amide bonds. The van der Waals surface area contributed by atoms with E-state index in [0.717, 1.165) is 23.2 Å². The summed E-state index contributed by atoms with van der Waals surface area (Å²) in [5.41, 5.74) is 0.616. The Balaban J connectivity index is 2.02. The summed E-state index contributed by atoms with van der Waals surface area (Å²) in [5, 5.41) is 3.72. The number of carbonyl (C=O) groups is 1. The Labute approximate surface area is 128 Å². The van der Waals surface area contributed by atoms with Gasteiger partial charge in [-0.3, -0.25) is 4.79 Å². The molecule has 1 fully saturated rings. The molecule has 4 heteroatoms. The molecule has 19 heavy (non-hydrogen) atoms. The van der Waals surface area contributed by atoms with E-state index in [1.807, 2.05) is 6.07 Å². The average molecular weight is 345 g/mol. The number of carbonyl (C=O) groups excluding carboxylic acids is 1. The van der Waals surface area contributed by atoms with E-state index in [1.165, 1.54) is 19.3 Å². The first-order valence-corrected chi connectivity index (χ1v) is 7.99. The molecule has 1 N–H and O–H groups in total. The summed E-state index contributed by atoms with van der Waals surface area (Å²) in [6.07, 6.45) is 5.82. The summed E-state index contributed by atoms with van der Waals surface area (Å²) in [6.45, 7) is 2.29. The van der Waals surface area contributed by atoms with Crippen LogP contribution in [-0.2, 0) is 0 Å². The zero-order valence-electron chi connectivity index (χ0n) is 11.1. The molecule has 2 nitrogen and oxygen atoms in total. The summed E-state index contributed by atoms with van der Waals surface area (Å²) in [6, 6.07) is 5.59. The predicted molar refractivity (Wildman–Crippen MR) is 82.7 cm³/mol. The van der Waals surface area contributed by atoms with Gasteiger partial charge in [-0.05, 0) is 59.3 Å². The first-order chi connectivity index (χ1) is 9.06. The monoisotopic (exact) mass is 343 g/mol.